The maximum atomic E-state index is 5.58. The molecule has 1 heterocycles. The second-order valence-electron chi connectivity index (χ2n) is 3.14. The first-order chi connectivity index (χ1) is 4.90. The van der Waals surface area contributed by atoms with Gasteiger partial charge >= 0.3 is 0 Å². The molecule has 2 aliphatic rings. The molecule has 0 aromatic heterocycles. The van der Waals surface area contributed by atoms with E-state index in [0.717, 1.165) is 5.76 Å². The van der Waals surface area contributed by atoms with Gasteiger partial charge in [-0.3, -0.25) is 0 Å². The van der Waals surface area contributed by atoms with E-state index < -0.39 is 0 Å². The molecule has 2 unspecified atom stereocenters. The predicted molar refractivity (Wildman–Crippen MR) is 39.5 cm³/mol. The third-order valence-corrected chi connectivity index (χ3v) is 2.46. The Hall–Kier alpha value is -0.680. The van der Waals surface area contributed by atoms with Crippen molar-refractivity contribution in [2.45, 2.75) is 31.8 Å². The molecule has 0 N–H and O–H groups in total. The van der Waals surface area contributed by atoms with Crippen molar-refractivity contribution in [2.24, 2.45) is 5.92 Å². The van der Waals surface area contributed by atoms with E-state index in [1.165, 1.54) is 25.7 Å². The Morgan fingerprint density at radius 1 is 1.50 bits per heavy atom. The molecule has 1 saturated carbocycles. The first-order valence-corrected chi connectivity index (χ1v) is 3.97. The van der Waals surface area contributed by atoms with Crippen LogP contribution in [-0.4, -0.2) is 6.10 Å². The predicted octanol–water partition coefficient (Wildman–Crippen LogP) is 2.24. The molecule has 2 rings (SSSR count). The number of fused-ring (bicyclic) bond motifs is 2. The van der Waals surface area contributed by atoms with Gasteiger partial charge in [-0.15, -0.1) is 0 Å². The van der Waals surface area contributed by atoms with Crippen molar-refractivity contribution < 1.29 is 4.74 Å². The zero-order chi connectivity index (χ0) is 6.97. The van der Waals surface area contributed by atoms with Crippen LogP contribution in [0.2, 0.25) is 0 Å². The smallest absolute Gasteiger partial charge is 0.141 e. The normalized spacial score (nSPS) is 37.0. The van der Waals surface area contributed by atoms with Gasteiger partial charge in [0.15, 0.2) is 0 Å². The lowest BCUT2D eigenvalue weighted by Crippen LogP contribution is -2.09. The summed E-state index contributed by atoms with van der Waals surface area (Å²) in [7, 11) is 0. The lowest BCUT2D eigenvalue weighted by atomic mass is 9.89. The molecule has 1 aliphatic heterocycles. The highest BCUT2D eigenvalue weighted by molar-refractivity contribution is 5.04. The monoisotopic (exact) mass is 136 g/mol. The van der Waals surface area contributed by atoms with Gasteiger partial charge in [-0.1, -0.05) is 12.3 Å². The third-order valence-electron chi connectivity index (χ3n) is 2.46. The van der Waals surface area contributed by atoms with Crippen LogP contribution in [-0.2, 0) is 4.74 Å². The number of hydrogen-bond donors (Lipinski definition) is 0. The Balaban J connectivity index is 2.23. The van der Waals surface area contributed by atoms with Crippen LogP contribution in [0.15, 0.2) is 18.1 Å². The van der Waals surface area contributed by atoms with Gasteiger partial charge in [-0.25, -0.2) is 0 Å². The fourth-order valence-corrected chi connectivity index (χ4v) is 1.95. The van der Waals surface area contributed by atoms with Crippen molar-refractivity contribution in [2.75, 3.05) is 0 Å². The topological polar surface area (TPSA) is 9.23 Å². The summed E-state index contributed by atoms with van der Waals surface area (Å²) in [5.41, 5.74) is 2.88. The minimum atomic E-state index is 0.503. The molecule has 2 fully saturated rings. The summed E-state index contributed by atoms with van der Waals surface area (Å²) in [6, 6.07) is 0. The van der Waals surface area contributed by atoms with E-state index >= 15 is 0 Å². The molecule has 0 aromatic carbocycles. The van der Waals surface area contributed by atoms with Crippen LogP contribution in [0.4, 0.5) is 0 Å². The van der Waals surface area contributed by atoms with Crippen molar-refractivity contribution in [3.05, 3.63) is 18.1 Å². The van der Waals surface area contributed by atoms with E-state index in [-0.39, 0.29) is 0 Å². The van der Waals surface area contributed by atoms with E-state index in [2.05, 4.69) is 12.3 Å². The van der Waals surface area contributed by atoms with Crippen LogP contribution >= 0.6 is 0 Å². The van der Waals surface area contributed by atoms with Crippen LogP contribution in [0.5, 0.6) is 0 Å². The largest absolute Gasteiger partial charge is 0.486 e. The number of allylic oxidation sites excluding steroid dienone is 1. The summed E-state index contributed by atoms with van der Waals surface area (Å²) in [6.07, 6.45) is 5.57. The lowest BCUT2D eigenvalue weighted by molar-refractivity contribution is 0.152. The molecule has 54 valence electrons. The summed E-state index contributed by atoms with van der Waals surface area (Å²) in [6.45, 7) is 3.62. The van der Waals surface area contributed by atoms with Crippen LogP contribution in [0, 0.1) is 5.92 Å². The van der Waals surface area contributed by atoms with Crippen LogP contribution in [0.1, 0.15) is 25.7 Å². The third kappa shape index (κ3) is 0.783. The maximum absolute atomic E-state index is 5.58. The second kappa shape index (κ2) is 2.17. The van der Waals surface area contributed by atoms with Crippen molar-refractivity contribution in [1.29, 1.82) is 0 Å². The molecule has 2 atom stereocenters. The van der Waals surface area contributed by atoms with Gasteiger partial charge in [-0.2, -0.15) is 0 Å². The summed E-state index contributed by atoms with van der Waals surface area (Å²) >= 11 is 0. The Bertz CT molecular complexity index is 189. The van der Waals surface area contributed by atoms with Crippen LogP contribution < -0.4 is 0 Å². The molecule has 2 bridgehead atoms. The molecule has 0 aromatic rings. The highest BCUT2D eigenvalue weighted by Gasteiger charge is 2.33. The van der Waals surface area contributed by atoms with Gasteiger partial charge in [0.05, 0.1) is 6.10 Å². The lowest BCUT2D eigenvalue weighted by Gasteiger charge is -2.12. The fraction of sp³-hybridized carbons (Fsp3) is 0.667. The Morgan fingerprint density at radius 3 is 3.10 bits per heavy atom. The summed E-state index contributed by atoms with van der Waals surface area (Å²) in [5, 5.41) is 0. The first kappa shape index (κ1) is 6.06. The Morgan fingerprint density at radius 2 is 2.40 bits per heavy atom. The zero-order valence-corrected chi connectivity index (χ0v) is 6.10. The number of hydrogen-bond acceptors (Lipinski definition) is 1. The highest BCUT2D eigenvalue weighted by atomic mass is 16.5. The van der Waals surface area contributed by atoms with Gasteiger partial charge in [0.1, 0.15) is 5.76 Å². The van der Waals surface area contributed by atoms with Crippen LogP contribution in [0.3, 0.4) is 0 Å². The van der Waals surface area contributed by atoms with E-state index in [1.807, 2.05) is 0 Å². The molecule has 0 spiro atoms. The summed E-state index contributed by atoms with van der Waals surface area (Å²) in [5.74, 6) is 1.69. The molecule has 10 heavy (non-hydrogen) atoms. The van der Waals surface area contributed by atoms with Crippen molar-refractivity contribution >= 4 is 0 Å². The van der Waals surface area contributed by atoms with Gasteiger partial charge < -0.3 is 4.74 Å². The van der Waals surface area contributed by atoms with E-state index in [4.69, 9.17) is 4.74 Å². The quantitative estimate of drug-likeness (QED) is 0.464. The van der Waals surface area contributed by atoms with Crippen molar-refractivity contribution in [3.8, 4) is 0 Å². The van der Waals surface area contributed by atoms with Gasteiger partial charge in [-0.05, 0) is 25.7 Å². The molecule has 1 heteroatoms. The summed E-state index contributed by atoms with van der Waals surface area (Å²) < 4.78 is 5.58. The van der Waals surface area contributed by atoms with Crippen molar-refractivity contribution in [1.82, 2.24) is 0 Å². The zero-order valence-electron chi connectivity index (χ0n) is 6.10. The molecule has 1 saturated heterocycles. The Kier molecular flexibility index (Phi) is 1.32. The average Bonchev–Trinajstić information content (AvgIpc) is 2.26. The highest BCUT2D eigenvalue weighted by Crippen LogP contribution is 2.39. The average molecular weight is 136 g/mol. The molecule has 0 radical (unpaired) electrons. The number of rotatable bonds is 0. The molecular formula is C9H12O. The molecule has 0 amide bonds. The molecule has 1 aliphatic carbocycles. The summed E-state index contributed by atoms with van der Waals surface area (Å²) in [4.78, 5) is 0. The minimum absolute atomic E-state index is 0.503. The van der Waals surface area contributed by atoms with E-state index in [1.54, 1.807) is 0 Å². The van der Waals surface area contributed by atoms with Gasteiger partial charge in [0.25, 0.3) is 0 Å². The molecular weight excluding hydrogens is 124 g/mol. The van der Waals surface area contributed by atoms with Crippen LogP contribution in [0.25, 0.3) is 0 Å². The second-order valence-corrected chi connectivity index (χ2v) is 3.14. The minimum Gasteiger partial charge on any atom is -0.486 e. The fourth-order valence-electron chi connectivity index (χ4n) is 1.95. The Labute approximate surface area is 61.4 Å². The van der Waals surface area contributed by atoms with E-state index in [0.29, 0.717) is 12.0 Å². The maximum Gasteiger partial charge on any atom is 0.141 e. The number of ether oxygens (including phenoxy) is 1. The van der Waals surface area contributed by atoms with Gasteiger partial charge in [0.2, 0.25) is 0 Å². The standard InChI is InChI=1S/C9H12O/c1-2-9-7-4-3-5-8(6-7)10-9/h7-8H,1,3-6H2. The first-order valence-electron chi connectivity index (χ1n) is 3.97. The SMILES string of the molecule is C=C=C1OC2CCCC1C2. The van der Waals surface area contributed by atoms with E-state index in [9.17, 15) is 0 Å². The molecule has 1 nitrogen and oxygen atoms in total. The van der Waals surface area contributed by atoms with Gasteiger partial charge in [0, 0.05) is 5.92 Å². The van der Waals surface area contributed by atoms with Crippen molar-refractivity contribution in [3.63, 3.8) is 0 Å².